The minimum atomic E-state index is -0.851. The molecule has 0 bridgehead atoms. The topological polar surface area (TPSA) is 78.4 Å². The molecule has 2 amide bonds. The lowest BCUT2D eigenvalue weighted by Crippen LogP contribution is -2.41. The van der Waals surface area contributed by atoms with Gasteiger partial charge in [-0.3, -0.25) is 9.59 Å². The Bertz CT molecular complexity index is 519. The molecular weight excluding hydrogens is 288 g/mol. The van der Waals surface area contributed by atoms with Gasteiger partial charge in [0.2, 0.25) is 5.91 Å². The van der Waals surface area contributed by atoms with Crippen molar-refractivity contribution in [2.24, 2.45) is 5.92 Å². The fraction of sp³-hybridized carbons (Fsp3) is 0.600. The molecule has 5 nitrogen and oxygen atoms in total. The van der Waals surface area contributed by atoms with Crippen LogP contribution in [-0.4, -0.2) is 29.1 Å². The Balaban J connectivity index is 1.88. The summed E-state index contributed by atoms with van der Waals surface area (Å²) in [5.74, 6) is -0.0316. The second kappa shape index (κ2) is 6.58. The quantitative estimate of drug-likeness (QED) is 0.723. The Kier molecular flexibility index (Phi) is 5.00. The predicted octanol–water partition coefficient (Wildman–Crippen LogP) is 2.38. The first kappa shape index (κ1) is 16.0. The summed E-state index contributed by atoms with van der Waals surface area (Å²) in [6, 6.07) is 3.44. The first-order valence-electron chi connectivity index (χ1n) is 7.38. The molecule has 0 unspecified atom stereocenters. The van der Waals surface area contributed by atoms with Crippen LogP contribution in [0.4, 0.5) is 5.00 Å². The lowest BCUT2D eigenvalue weighted by molar-refractivity contribution is -0.117. The van der Waals surface area contributed by atoms with Gasteiger partial charge in [-0.25, -0.2) is 0 Å². The van der Waals surface area contributed by atoms with E-state index in [0.29, 0.717) is 22.7 Å². The van der Waals surface area contributed by atoms with Crippen molar-refractivity contribution in [2.45, 2.75) is 45.1 Å². The fourth-order valence-corrected chi connectivity index (χ4v) is 2.75. The van der Waals surface area contributed by atoms with Gasteiger partial charge in [0.1, 0.15) is 0 Å². The monoisotopic (exact) mass is 310 g/mol. The Morgan fingerprint density at radius 1 is 1.33 bits per heavy atom. The second-order valence-electron chi connectivity index (χ2n) is 5.54. The SMILES string of the molecule is CCC(O)(CC)CNC(=O)c1ccc(NC(=O)C2CC2)s1. The van der Waals surface area contributed by atoms with Crippen LogP contribution >= 0.6 is 11.3 Å². The van der Waals surface area contributed by atoms with Gasteiger partial charge in [-0.05, 0) is 37.8 Å². The summed E-state index contributed by atoms with van der Waals surface area (Å²) >= 11 is 1.25. The fourth-order valence-electron chi connectivity index (χ4n) is 1.93. The van der Waals surface area contributed by atoms with E-state index in [1.165, 1.54) is 11.3 Å². The van der Waals surface area contributed by atoms with Gasteiger partial charge in [0.15, 0.2) is 0 Å². The summed E-state index contributed by atoms with van der Waals surface area (Å²) in [5.41, 5.74) is -0.851. The van der Waals surface area contributed by atoms with Crippen molar-refractivity contribution in [3.05, 3.63) is 17.0 Å². The number of carbonyl (C=O) groups is 2. The molecule has 0 spiro atoms. The second-order valence-corrected chi connectivity index (χ2v) is 6.63. The predicted molar refractivity (Wildman–Crippen MR) is 83.5 cm³/mol. The Morgan fingerprint density at radius 3 is 2.57 bits per heavy atom. The van der Waals surface area contributed by atoms with Gasteiger partial charge in [0.25, 0.3) is 5.91 Å². The summed E-state index contributed by atoms with van der Waals surface area (Å²) < 4.78 is 0. The zero-order valence-corrected chi connectivity index (χ0v) is 13.3. The highest BCUT2D eigenvalue weighted by atomic mass is 32.1. The normalized spacial score (nSPS) is 14.8. The van der Waals surface area contributed by atoms with Gasteiger partial charge in [-0.1, -0.05) is 13.8 Å². The lowest BCUT2D eigenvalue weighted by atomic mass is 9.98. The molecule has 1 heterocycles. The summed E-state index contributed by atoms with van der Waals surface area (Å²) in [6.07, 6.45) is 3.10. The van der Waals surface area contributed by atoms with Crippen molar-refractivity contribution >= 4 is 28.2 Å². The Morgan fingerprint density at radius 2 is 2.00 bits per heavy atom. The molecule has 1 aromatic heterocycles. The van der Waals surface area contributed by atoms with Crippen LogP contribution in [0, 0.1) is 5.92 Å². The van der Waals surface area contributed by atoms with E-state index in [1.807, 2.05) is 13.8 Å². The summed E-state index contributed by atoms with van der Waals surface area (Å²) in [4.78, 5) is 24.2. The third-order valence-corrected chi connectivity index (χ3v) is 4.92. The zero-order valence-electron chi connectivity index (χ0n) is 12.4. The highest BCUT2D eigenvalue weighted by Gasteiger charge is 2.30. The molecular formula is C15H22N2O3S. The molecule has 1 aliphatic carbocycles. The Hall–Kier alpha value is -1.40. The van der Waals surface area contributed by atoms with E-state index >= 15 is 0 Å². The zero-order chi connectivity index (χ0) is 15.5. The number of amides is 2. The van der Waals surface area contributed by atoms with Gasteiger partial charge < -0.3 is 15.7 Å². The van der Waals surface area contributed by atoms with Crippen molar-refractivity contribution in [2.75, 3.05) is 11.9 Å². The standard InChI is InChI=1S/C15H22N2O3S/c1-3-15(20,4-2)9-16-14(19)11-7-8-12(21-11)17-13(18)10-5-6-10/h7-8,10,20H,3-6,9H2,1-2H3,(H,16,19)(H,17,18). The van der Waals surface area contributed by atoms with Crippen molar-refractivity contribution in [3.8, 4) is 0 Å². The number of hydrogen-bond acceptors (Lipinski definition) is 4. The molecule has 6 heteroatoms. The minimum Gasteiger partial charge on any atom is -0.388 e. The number of rotatable bonds is 7. The highest BCUT2D eigenvalue weighted by molar-refractivity contribution is 7.18. The molecule has 0 radical (unpaired) electrons. The third-order valence-electron chi connectivity index (χ3n) is 3.92. The maximum absolute atomic E-state index is 12.0. The molecule has 1 aliphatic rings. The third kappa shape index (κ3) is 4.28. The number of anilines is 1. The molecule has 1 aromatic rings. The number of carbonyl (C=O) groups excluding carboxylic acids is 2. The van der Waals surface area contributed by atoms with Crippen LogP contribution in [0.25, 0.3) is 0 Å². The van der Waals surface area contributed by atoms with Gasteiger partial charge in [0.05, 0.1) is 15.5 Å². The molecule has 21 heavy (non-hydrogen) atoms. The van der Waals surface area contributed by atoms with Gasteiger partial charge in [-0.15, -0.1) is 11.3 Å². The van der Waals surface area contributed by atoms with Crippen LogP contribution in [0.15, 0.2) is 12.1 Å². The first-order valence-corrected chi connectivity index (χ1v) is 8.20. The molecule has 1 saturated carbocycles. The largest absolute Gasteiger partial charge is 0.388 e. The first-order chi connectivity index (χ1) is 9.97. The molecule has 1 fully saturated rings. The number of hydrogen-bond donors (Lipinski definition) is 3. The van der Waals surface area contributed by atoms with Gasteiger partial charge in [-0.2, -0.15) is 0 Å². The average Bonchev–Trinajstić information content (AvgIpc) is 3.25. The van der Waals surface area contributed by atoms with E-state index < -0.39 is 5.60 Å². The number of nitrogens with one attached hydrogen (secondary N) is 2. The maximum Gasteiger partial charge on any atom is 0.261 e. The molecule has 3 N–H and O–H groups in total. The summed E-state index contributed by atoms with van der Waals surface area (Å²) in [5, 5.41) is 16.4. The lowest BCUT2D eigenvalue weighted by Gasteiger charge is -2.25. The van der Waals surface area contributed by atoms with Crippen LogP contribution < -0.4 is 10.6 Å². The van der Waals surface area contributed by atoms with E-state index in [2.05, 4.69) is 10.6 Å². The smallest absolute Gasteiger partial charge is 0.261 e. The molecule has 0 aliphatic heterocycles. The highest BCUT2D eigenvalue weighted by Crippen LogP contribution is 2.31. The van der Waals surface area contributed by atoms with Crippen LogP contribution in [0.5, 0.6) is 0 Å². The summed E-state index contributed by atoms with van der Waals surface area (Å²) in [7, 11) is 0. The molecule has 116 valence electrons. The van der Waals surface area contributed by atoms with Crippen LogP contribution in [0.2, 0.25) is 0 Å². The molecule has 0 atom stereocenters. The minimum absolute atomic E-state index is 0.0372. The maximum atomic E-state index is 12.0. The van der Waals surface area contributed by atoms with Crippen LogP contribution in [-0.2, 0) is 4.79 Å². The van der Waals surface area contributed by atoms with E-state index in [1.54, 1.807) is 12.1 Å². The van der Waals surface area contributed by atoms with Crippen molar-refractivity contribution in [1.29, 1.82) is 0 Å². The number of aliphatic hydroxyl groups is 1. The molecule has 0 aromatic carbocycles. The van der Waals surface area contributed by atoms with Crippen LogP contribution in [0.3, 0.4) is 0 Å². The van der Waals surface area contributed by atoms with E-state index in [4.69, 9.17) is 0 Å². The molecule has 0 saturated heterocycles. The van der Waals surface area contributed by atoms with Crippen molar-refractivity contribution < 1.29 is 14.7 Å². The van der Waals surface area contributed by atoms with Crippen molar-refractivity contribution in [3.63, 3.8) is 0 Å². The van der Waals surface area contributed by atoms with E-state index in [-0.39, 0.29) is 24.3 Å². The van der Waals surface area contributed by atoms with Gasteiger partial charge >= 0.3 is 0 Å². The van der Waals surface area contributed by atoms with E-state index in [9.17, 15) is 14.7 Å². The van der Waals surface area contributed by atoms with Gasteiger partial charge in [0, 0.05) is 12.5 Å². The Labute approximate surface area is 128 Å². The van der Waals surface area contributed by atoms with E-state index in [0.717, 1.165) is 12.8 Å². The average molecular weight is 310 g/mol. The summed E-state index contributed by atoms with van der Waals surface area (Å²) in [6.45, 7) is 4.03. The van der Waals surface area contributed by atoms with Crippen molar-refractivity contribution in [1.82, 2.24) is 5.32 Å². The number of thiophene rings is 1. The molecule has 2 rings (SSSR count). The van der Waals surface area contributed by atoms with Crippen LogP contribution in [0.1, 0.15) is 49.2 Å².